The average Bonchev–Trinajstić information content (AvgIpc) is 3.22. The number of ether oxygens (including phenoxy) is 1. The minimum atomic E-state index is -0.317. The molecule has 158 valence electrons. The van der Waals surface area contributed by atoms with Gasteiger partial charge in [0.15, 0.2) is 0 Å². The van der Waals surface area contributed by atoms with Gasteiger partial charge < -0.3 is 9.64 Å². The van der Waals surface area contributed by atoms with E-state index in [0.29, 0.717) is 30.0 Å². The highest BCUT2D eigenvalue weighted by Crippen LogP contribution is 2.32. The SMILES string of the molecule is CCOc1cc(C(=O)N(C)Cc2cc(C)cc3cn[nH]c23)ccc1-c1cccc(F)c1. The molecular weight excluding hydrogens is 393 g/mol. The van der Waals surface area contributed by atoms with E-state index in [9.17, 15) is 9.18 Å². The Hall–Kier alpha value is -3.67. The molecule has 31 heavy (non-hydrogen) atoms. The van der Waals surface area contributed by atoms with Gasteiger partial charge in [0, 0.05) is 30.1 Å². The fourth-order valence-corrected chi connectivity index (χ4v) is 3.79. The number of amides is 1. The quantitative estimate of drug-likeness (QED) is 0.460. The van der Waals surface area contributed by atoms with E-state index in [1.165, 1.54) is 12.1 Å². The van der Waals surface area contributed by atoms with Crippen molar-refractivity contribution in [2.75, 3.05) is 13.7 Å². The number of halogens is 1. The topological polar surface area (TPSA) is 58.2 Å². The second-order valence-electron chi connectivity index (χ2n) is 7.57. The monoisotopic (exact) mass is 417 g/mol. The average molecular weight is 417 g/mol. The zero-order valence-corrected chi connectivity index (χ0v) is 17.8. The van der Waals surface area contributed by atoms with Gasteiger partial charge >= 0.3 is 0 Å². The molecule has 6 heteroatoms. The number of fused-ring (bicyclic) bond motifs is 1. The molecule has 0 saturated carbocycles. The Bertz CT molecular complexity index is 1250. The second kappa shape index (κ2) is 8.60. The number of rotatable bonds is 6. The Morgan fingerprint density at radius 1 is 1.16 bits per heavy atom. The largest absolute Gasteiger partial charge is 0.493 e. The van der Waals surface area contributed by atoms with Gasteiger partial charge in [-0.3, -0.25) is 9.89 Å². The lowest BCUT2D eigenvalue weighted by Crippen LogP contribution is -2.26. The maximum Gasteiger partial charge on any atom is 0.254 e. The van der Waals surface area contributed by atoms with E-state index in [4.69, 9.17) is 4.74 Å². The van der Waals surface area contributed by atoms with E-state index in [1.54, 1.807) is 42.4 Å². The molecule has 0 bridgehead atoms. The lowest BCUT2D eigenvalue weighted by molar-refractivity contribution is 0.0785. The molecule has 0 spiro atoms. The molecule has 1 N–H and O–H groups in total. The minimum absolute atomic E-state index is 0.124. The molecule has 4 rings (SSSR count). The summed E-state index contributed by atoms with van der Waals surface area (Å²) in [6.45, 7) is 4.78. The predicted molar refractivity (Wildman–Crippen MR) is 120 cm³/mol. The first-order chi connectivity index (χ1) is 15.0. The Labute approximate surface area is 180 Å². The molecule has 4 aromatic rings. The Morgan fingerprint density at radius 3 is 2.77 bits per heavy atom. The number of hydrogen-bond acceptors (Lipinski definition) is 3. The van der Waals surface area contributed by atoms with Gasteiger partial charge in [-0.25, -0.2) is 4.39 Å². The lowest BCUT2D eigenvalue weighted by Gasteiger charge is -2.19. The number of nitrogens with one attached hydrogen (secondary N) is 1. The number of aryl methyl sites for hydroxylation is 1. The van der Waals surface area contributed by atoms with Crippen molar-refractivity contribution in [1.29, 1.82) is 0 Å². The molecule has 0 atom stereocenters. The van der Waals surface area contributed by atoms with Crippen LogP contribution in [-0.4, -0.2) is 34.7 Å². The third-order valence-electron chi connectivity index (χ3n) is 5.19. The number of carbonyl (C=O) groups is 1. The van der Waals surface area contributed by atoms with Crippen LogP contribution in [0.1, 0.15) is 28.4 Å². The van der Waals surface area contributed by atoms with Crippen molar-refractivity contribution in [3.05, 3.63) is 83.3 Å². The van der Waals surface area contributed by atoms with Crippen LogP contribution >= 0.6 is 0 Å². The number of aromatic nitrogens is 2. The van der Waals surface area contributed by atoms with Crippen molar-refractivity contribution >= 4 is 16.8 Å². The van der Waals surface area contributed by atoms with E-state index in [2.05, 4.69) is 22.3 Å². The zero-order valence-electron chi connectivity index (χ0n) is 17.8. The second-order valence-corrected chi connectivity index (χ2v) is 7.57. The maximum atomic E-state index is 13.7. The molecule has 1 amide bonds. The number of carbonyl (C=O) groups excluding carboxylic acids is 1. The van der Waals surface area contributed by atoms with E-state index in [1.807, 2.05) is 19.9 Å². The zero-order chi connectivity index (χ0) is 22.0. The highest BCUT2D eigenvalue weighted by Gasteiger charge is 2.17. The third-order valence-corrected chi connectivity index (χ3v) is 5.19. The molecular formula is C25H24FN3O2. The summed E-state index contributed by atoms with van der Waals surface area (Å²) in [5.74, 6) is 0.114. The molecule has 0 aliphatic carbocycles. The summed E-state index contributed by atoms with van der Waals surface area (Å²) in [7, 11) is 1.77. The Morgan fingerprint density at radius 2 is 2.00 bits per heavy atom. The van der Waals surface area contributed by atoms with Gasteiger partial charge in [0.05, 0.1) is 18.3 Å². The van der Waals surface area contributed by atoms with Crippen LogP contribution in [0.3, 0.4) is 0 Å². The van der Waals surface area contributed by atoms with Crippen molar-refractivity contribution in [2.24, 2.45) is 0 Å². The Balaban J connectivity index is 1.63. The van der Waals surface area contributed by atoms with Gasteiger partial charge in [-0.15, -0.1) is 0 Å². The fourth-order valence-electron chi connectivity index (χ4n) is 3.79. The number of hydrogen-bond donors (Lipinski definition) is 1. The first-order valence-corrected chi connectivity index (χ1v) is 10.2. The van der Waals surface area contributed by atoms with Gasteiger partial charge in [-0.1, -0.05) is 18.2 Å². The van der Waals surface area contributed by atoms with Crippen LogP contribution in [0.15, 0.2) is 60.8 Å². The summed E-state index contributed by atoms with van der Waals surface area (Å²) < 4.78 is 19.5. The van der Waals surface area contributed by atoms with E-state index in [0.717, 1.165) is 27.6 Å². The van der Waals surface area contributed by atoms with E-state index >= 15 is 0 Å². The van der Waals surface area contributed by atoms with Crippen molar-refractivity contribution in [3.63, 3.8) is 0 Å². The first kappa shape index (κ1) is 20.6. The molecule has 0 aliphatic rings. The molecule has 0 radical (unpaired) electrons. The van der Waals surface area contributed by atoms with Crippen molar-refractivity contribution in [1.82, 2.24) is 15.1 Å². The molecule has 0 aliphatic heterocycles. The highest BCUT2D eigenvalue weighted by atomic mass is 19.1. The Kier molecular flexibility index (Phi) is 5.71. The minimum Gasteiger partial charge on any atom is -0.493 e. The molecule has 1 aromatic heterocycles. The van der Waals surface area contributed by atoms with Crippen LogP contribution in [0.2, 0.25) is 0 Å². The van der Waals surface area contributed by atoms with Crippen LogP contribution in [0.25, 0.3) is 22.0 Å². The van der Waals surface area contributed by atoms with Gasteiger partial charge in [0.25, 0.3) is 5.91 Å². The standard InChI is InChI=1S/C25H24FN3O2/c1-4-31-23-13-18(8-9-22(23)17-6-5-7-21(26)12-17)25(30)29(3)15-20-11-16(2)10-19-14-27-28-24(19)20/h5-14H,4,15H2,1-3H3,(H,27,28). The normalized spacial score (nSPS) is 11.0. The van der Waals surface area contributed by atoms with Crippen molar-refractivity contribution in [3.8, 4) is 16.9 Å². The number of H-pyrrole nitrogens is 1. The number of nitrogens with zero attached hydrogens (tertiary/aromatic N) is 2. The van der Waals surface area contributed by atoms with Crippen molar-refractivity contribution < 1.29 is 13.9 Å². The summed E-state index contributed by atoms with van der Waals surface area (Å²) in [5, 5.41) is 8.16. The molecule has 1 heterocycles. The molecule has 0 saturated heterocycles. The predicted octanol–water partition coefficient (Wildman–Crippen LogP) is 5.35. The van der Waals surface area contributed by atoms with Crippen LogP contribution in [0.5, 0.6) is 5.75 Å². The lowest BCUT2D eigenvalue weighted by atomic mass is 10.0. The van der Waals surface area contributed by atoms with Crippen molar-refractivity contribution in [2.45, 2.75) is 20.4 Å². The summed E-state index contributed by atoms with van der Waals surface area (Å²) in [6, 6.07) is 15.7. The van der Waals surface area contributed by atoms with Crippen LogP contribution in [-0.2, 0) is 6.54 Å². The van der Waals surface area contributed by atoms with E-state index in [-0.39, 0.29) is 11.7 Å². The smallest absolute Gasteiger partial charge is 0.254 e. The first-order valence-electron chi connectivity index (χ1n) is 10.2. The summed E-state index contributed by atoms with van der Waals surface area (Å²) in [6.07, 6.45) is 1.78. The van der Waals surface area contributed by atoms with E-state index < -0.39 is 0 Å². The maximum absolute atomic E-state index is 13.7. The van der Waals surface area contributed by atoms with Crippen LogP contribution in [0, 0.1) is 12.7 Å². The van der Waals surface area contributed by atoms with Gasteiger partial charge in [-0.2, -0.15) is 5.10 Å². The van der Waals surface area contributed by atoms with Gasteiger partial charge in [0.2, 0.25) is 0 Å². The highest BCUT2D eigenvalue weighted by molar-refractivity contribution is 5.95. The van der Waals surface area contributed by atoms with Crippen LogP contribution in [0.4, 0.5) is 4.39 Å². The van der Waals surface area contributed by atoms with Gasteiger partial charge in [0.1, 0.15) is 11.6 Å². The summed E-state index contributed by atoms with van der Waals surface area (Å²) >= 11 is 0. The fraction of sp³-hybridized carbons (Fsp3) is 0.200. The molecule has 0 fully saturated rings. The summed E-state index contributed by atoms with van der Waals surface area (Å²) in [4.78, 5) is 14.8. The summed E-state index contributed by atoms with van der Waals surface area (Å²) in [5.41, 5.74) is 5.02. The number of benzene rings is 3. The third kappa shape index (κ3) is 4.28. The van der Waals surface area contributed by atoms with Crippen LogP contribution < -0.4 is 4.74 Å². The molecule has 0 unspecified atom stereocenters. The number of aromatic amines is 1. The molecule has 5 nitrogen and oxygen atoms in total. The van der Waals surface area contributed by atoms with Gasteiger partial charge in [-0.05, 0) is 66.9 Å². The molecule has 3 aromatic carbocycles.